The standard InChI is InChI=1S/C7H14O4/c1-7(10-2,11-3)6(9)4-5-8/h8H,4-5H2,1-3H3. The molecule has 0 unspecified atom stereocenters. The number of ether oxygens (including phenoxy) is 2. The van der Waals surface area contributed by atoms with Gasteiger partial charge in [0.1, 0.15) is 0 Å². The number of hydrogen-bond acceptors (Lipinski definition) is 4. The van der Waals surface area contributed by atoms with Crippen molar-refractivity contribution >= 4 is 5.78 Å². The summed E-state index contributed by atoms with van der Waals surface area (Å²) in [7, 11) is 2.78. The fourth-order valence-electron chi connectivity index (χ4n) is 0.640. The van der Waals surface area contributed by atoms with Gasteiger partial charge in [-0.05, 0) is 6.92 Å². The van der Waals surface area contributed by atoms with E-state index in [-0.39, 0.29) is 18.8 Å². The molecule has 0 aliphatic carbocycles. The molecule has 0 saturated carbocycles. The Morgan fingerprint density at radius 1 is 1.45 bits per heavy atom. The zero-order valence-electron chi connectivity index (χ0n) is 7.09. The summed E-state index contributed by atoms with van der Waals surface area (Å²) in [4.78, 5) is 11.1. The molecule has 0 fully saturated rings. The fraction of sp³-hybridized carbons (Fsp3) is 0.857. The number of aliphatic hydroxyl groups excluding tert-OH is 1. The molecule has 0 aromatic rings. The Labute approximate surface area is 66.1 Å². The van der Waals surface area contributed by atoms with Gasteiger partial charge in [0.2, 0.25) is 5.79 Å². The van der Waals surface area contributed by atoms with Crippen LogP contribution in [0.3, 0.4) is 0 Å². The van der Waals surface area contributed by atoms with Crippen LogP contribution in [-0.2, 0) is 14.3 Å². The summed E-state index contributed by atoms with van der Waals surface area (Å²) in [6, 6.07) is 0. The van der Waals surface area contributed by atoms with Gasteiger partial charge in [-0.1, -0.05) is 0 Å². The van der Waals surface area contributed by atoms with Crippen molar-refractivity contribution < 1.29 is 19.4 Å². The Morgan fingerprint density at radius 3 is 2.18 bits per heavy atom. The molecule has 1 N–H and O–H groups in total. The molecule has 0 spiro atoms. The molecule has 0 atom stereocenters. The minimum absolute atomic E-state index is 0.0537. The van der Waals surface area contributed by atoms with Gasteiger partial charge in [-0.2, -0.15) is 0 Å². The first kappa shape index (κ1) is 10.6. The Kier molecular flexibility index (Phi) is 4.25. The van der Waals surface area contributed by atoms with Crippen molar-refractivity contribution in [2.24, 2.45) is 0 Å². The van der Waals surface area contributed by atoms with Gasteiger partial charge in [-0.15, -0.1) is 0 Å². The average molecular weight is 162 g/mol. The van der Waals surface area contributed by atoms with Crippen molar-refractivity contribution in [3.05, 3.63) is 0 Å². The van der Waals surface area contributed by atoms with Crippen molar-refractivity contribution in [2.45, 2.75) is 19.1 Å². The highest BCUT2D eigenvalue weighted by molar-refractivity contribution is 5.85. The van der Waals surface area contributed by atoms with Crippen LogP contribution in [0.2, 0.25) is 0 Å². The van der Waals surface area contributed by atoms with Gasteiger partial charge in [0.15, 0.2) is 5.78 Å². The molecule has 4 nitrogen and oxygen atoms in total. The third kappa shape index (κ3) is 2.57. The summed E-state index contributed by atoms with van der Waals surface area (Å²) in [5.41, 5.74) is 0. The van der Waals surface area contributed by atoms with Crippen molar-refractivity contribution in [1.29, 1.82) is 0 Å². The normalized spacial score (nSPS) is 11.6. The second kappa shape index (κ2) is 4.43. The van der Waals surface area contributed by atoms with Crippen LogP contribution in [0.15, 0.2) is 0 Å². The maximum Gasteiger partial charge on any atom is 0.225 e. The number of Topliss-reactive ketones (excluding diaryl/α,β-unsaturated/α-hetero) is 1. The average Bonchev–Trinajstić information content (AvgIpc) is 2.03. The zero-order chi connectivity index (χ0) is 8.91. The van der Waals surface area contributed by atoms with E-state index >= 15 is 0 Å². The van der Waals surface area contributed by atoms with Crippen LogP contribution in [0.5, 0.6) is 0 Å². The number of methoxy groups -OCH3 is 2. The molecule has 4 heteroatoms. The smallest absolute Gasteiger partial charge is 0.225 e. The predicted molar refractivity (Wildman–Crippen MR) is 39.1 cm³/mol. The van der Waals surface area contributed by atoms with Crippen LogP contribution in [0.4, 0.5) is 0 Å². The van der Waals surface area contributed by atoms with Gasteiger partial charge < -0.3 is 14.6 Å². The van der Waals surface area contributed by atoms with Gasteiger partial charge in [0.05, 0.1) is 6.61 Å². The molecule has 0 bridgehead atoms. The topological polar surface area (TPSA) is 55.8 Å². The van der Waals surface area contributed by atoms with E-state index in [2.05, 4.69) is 0 Å². The summed E-state index contributed by atoms with van der Waals surface area (Å²) in [5.74, 6) is -1.46. The molecule has 0 radical (unpaired) electrons. The second-order valence-corrected chi connectivity index (χ2v) is 2.25. The monoisotopic (exact) mass is 162 g/mol. The van der Waals surface area contributed by atoms with E-state index in [0.717, 1.165) is 0 Å². The van der Waals surface area contributed by atoms with Crippen LogP contribution >= 0.6 is 0 Å². The third-order valence-corrected chi connectivity index (χ3v) is 1.62. The molecule has 11 heavy (non-hydrogen) atoms. The quantitative estimate of drug-likeness (QED) is 0.576. The minimum atomic E-state index is -1.21. The van der Waals surface area contributed by atoms with Crippen molar-refractivity contribution in [3.8, 4) is 0 Å². The van der Waals surface area contributed by atoms with E-state index in [1.54, 1.807) is 0 Å². The molecule has 0 heterocycles. The molecule has 0 aliphatic heterocycles. The van der Waals surface area contributed by atoms with Crippen LogP contribution in [0, 0.1) is 0 Å². The van der Waals surface area contributed by atoms with Crippen LogP contribution < -0.4 is 0 Å². The molecule has 0 aromatic carbocycles. The Balaban J connectivity index is 4.12. The van der Waals surface area contributed by atoms with Crippen molar-refractivity contribution in [3.63, 3.8) is 0 Å². The highest BCUT2D eigenvalue weighted by atomic mass is 16.7. The summed E-state index contributed by atoms with van der Waals surface area (Å²) in [6.07, 6.45) is 0.0537. The van der Waals surface area contributed by atoms with Gasteiger partial charge in [0.25, 0.3) is 0 Å². The second-order valence-electron chi connectivity index (χ2n) is 2.25. The SMILES string of the molecule is COC(C)(OC)C(=O)CCO. The van der Waals surface area contributed by atoms with Crippen LogP contribution in [0.1, 0.15) is 13.3 Å². The van der Waals surface area contributed by atoms with Crippen LogP contribution in [-0.4, -0.2) is 37.5 Å². The summed E-state index contributed by atoms with van der Waals surface area (Å²) >= 11 is 0. The number of carbonyl (C=O) groups is 1. The third-order valence-electron chi connectivity index (χ3n) is 1.62. The number of ketones is 1. The van der Waals surface area contributed by atoms with Crippen molar-refractivity contribution in [1.82, 2.24) is 0 Å². The van der Waals surface area contributed by atoms with Gasteiger partial charge in [0, 0.05) is 20.6 Å². The fourth-order valence-corrected chi connectivity index (χ4v) is 0.640. The zero-order valence-corrected chi connectivity index (χ0v) is 7.09. The first-order valence-corrected chi connectivity index (χ1v) is 3.35. The van der Waals surface area contributed by atoms with E-state index in [1.807, 2.05) is 0 Å². The first-order valence-electron chi connectivity index (χ1n) is 3.35. The Bertz CT molecular complexity index is 128. The lowest BCUT2D eigenvalue weighted by Gasteiger charge is -2.23. The Hall–Kier alpha value is -0.450. The summed E-state index contributed by atoms with van der Waals surface area (Å²) in [5, 5.41) is 8.46. The molecule has 0 aromatic heterocycles. The number of hydrogen-bond donors (Lipinski definition) is 1. The molecule has 0 rings (SSSR count). The first-order chi connectivity index (χ1) is 5.10. The van der Waals surface area contributed by atoms with Crippen LogP contribution in [0.25, 0.3) is 0 Å². The molecule has 66 valence electrons. The largest absolute Gasteiger partial charge is 0.396 e. The maximum atomic E-state index is 11.1. The van der Waals surface area contributed by atoms with Gasteiger partial charge in [-0.25, -0.2) is 0 Å². The Morgan fingerprint density at radius 2 is 1.91 bits per heavy atom. The minimum Gasteiger partial charge on any atom is -0.396 e. The number of carbonyl (C=O) groups excluding carboxylic acids is 1. The lowest BCUT2D eigenvalue weighted by atomic mass is 10.1. The molecular weight excluding hydrogens is 148 g/mol. The van der Waals surface area contributed by atoms with Gasteiger partial charge >= 0.3 is 0 Å². The van der Waals surface area contributed by atoms with Crippen molar-refractivity contribution in [2.75, 3.05) is 20.8 Å². The van der Waals surface area contributed by atoms with E-state index in [9.17, 15) is 4.79 Å². The molecule has 0 aliphatic rings. The molecule has 0 amide bonds. The van der Waals surface area contributed by atoms with E-state index in [4.69, 9.17) is 14.6 Å². The lowest BCUT2D eigenvalue weighted by molar-refractivity contribution is -0.199. The number of aliphatic hydroxyl groups is 1. The summed E-state index contributed by atoms with van der Waals surface area (Å²) in [6.45, 7) is 1.34. The van der Waals surface area contributed by atoms with E-state index in [1.165, 1.54) is 21.1 Å². The molecular formula is C7H14O4. The van der Waals surface area contributed by atoms with Gasteiger partial charge in [-0.3, -0.25) is 4.79 Å². The van der Waals surface area contributed by atoms with E-state index in [0.29, 0.717) is 0 Å². The molecule has 0 saturated heterocycles. The maximum absolute atomic E-state index is 11.1. The lowest BCUT2D eigenvalue weighted by Crippen LogP contribution is -2.39. The van der Waals surface area contributed by atoms with E-state index < -0.39 is 5.79 Å². The predicted octanol–water partition coefficient (Wildman–Crippen LogP) is -0.0531. The highest BCUT2D eigenvalue weighted by Gasteiger charge is 2.31. The number of rotatable bonds is 5. The summed E-state index contributed by atoms with van der Waals surface area (Å²) < 4.78 is 9.64. The highest BCUT2D eigenvalue weighted by Crippen LogP contribution is 2.12.